The van der Waals surface area contributed by atoms with Crippen molar-refractivity contribution in [2.24, 2.45) is 0 Å². The lowest BCUT2D eigenvalue weighted by Crippen LogP contribution is -2.15. The Morgan fingerprint density at radius 3 is 2.70 bits per heavy atom. The van der Waals surface area contributed by atoms with Crippen LogP contribution in [0.3, 0.4) is 0 Å². The van der Waals surface area contributed by atoms with Crippen LogP contribution in [0.2, 0.25) is 0 Å². The summed E-state index contributed by atoms with van der Waals surface area (Å²) in [7, 11) is 0. The number of nitrogens with zero attached hydrogens (tertiary/aromatic N) is 1. The summed E-state index contributed by atoms with van der Waals surface area (Å²) in [5.74, 6) is 0.876. The lowest BCUT2D eigenvalue weighted by atomic mass is 10.2. The molecule has 1 aliphatic rings. The van der Waals surface area contributed by atoms with E-state index in [9.17, 15) is 4.39 Å². The number of hydrogen-bond donors (Lipinski definition) is 1. The van der Waals surface area contributed by atoms with Crippen molar-refractivity contribution in [1.29, 1.82) is 0 Å². The maximum Gasteiger partial charge on any atom is 0.222 e. The minimum Gasteiger partial charge on any atom is -0.439 e. The summed E-state index contributed by atoms with van der Waals surface area (Å²) in [5, 5.41) is 3.45. The zero-order chi connectivity index (χ0) is 13.9. The first-order chi connectivity index (χ1) is 9.70. The second-order valence-electron chi connectivity index (χ2n) is 5.18. The van der Waals surface area contributed by atoms with Gasteiger partial charge < -0.3 is 10.1 Å². The lowest BCUT2D eigenvalue weighted by molar-refractivity contribution is 0.456. The molecule has 0 saturated heterocycles. The molecule has 1 aromatic heterocycles. The molecule has 3 rings (SSSR count). The number of ether oxygens (including phenoxy) is 1. The van der Waals surface area contributed by atoms with Crippen molar-refractivity contribution in [3.63, 3.8) is 0 Å². The topological polar surface area (TPSA) is 34.2 Å². The number of aromatic nitrogens is 1. The third-order valence-corrected chi connectivity index (χ3v) is 3.29. The van der Waals surface area contributed by atoms with Gasteiger partial charge in [-0.25, -0.2) is 9.37 Å². The number of hydrogen-bond acceptors (Lipinski definition) is 3. The fourth-order valence-electron chi connectivity index (χ4n) is 1.99. The molecule has 1 aromatic carbocycles. The van der Waals surface area contributed by atoms with E-state index in [1.807, 2.05) is 13.1 Å². The van der Waals surface area contributed by atoms with E-state index >= 15 is 0 Å². The summed E-state index contributed by atoms with van der Waals surface area (Å²) in [6, 6.07) is 8.70. The van der Waals surface area contributed by atoms with Crippen LogP contribution in [0, 0.1) is 12.7 Å². The average molecular weight is 272 g/mol. The average Bonchev–Trinajstić information content (AvgIpc) is 3.26. The van der Waals surface area contributed by atoms with E-state index in [1.165, 1.54) is 25.0 Å². The third kappa shape index (κ3) is 3.33. The molecule has 0 bridgehead atoms. The molecule has 1 fully saturated rings. The van der Waals surface area contributed by atoms with E-state index in [4.69, 9.17) is 4.74 Å². The summed E-state index contributed by atoms with van der Waals surface area (Å²) in [6.07, 6.45) is 4.37. The second kappa shape index (κ2) is 5.59. The molecule has 0 amide bonds. The van der Waals surface area contributed by atoms with Crippen LogP contribution in [0.25, 0.3) is 0 Å². The minimum absolute atomic E-state index is 0.275. The Hall–Kier alpha value is -1.94. The van der Waals surface area contributed by atoms with Crippen LogP contribution in [0.5, 0.6) is 11.6 Å². The fraction of sp³-hybridized carbons (Fsp3) is 0.312. The fourth-order valence-corrected chi connectivity index (χ4v) is 1.99. The van der Waals surface area contributed by atoms with Crippen LogP contribution in [-0.4, -0.2) is 11.0 Å². The Labute approximate surface area is 117 Å². The highest BCUT2D eigenvalue weighted by molar-refractivity contribution is 5.33. The Morgan fingerprint density at radius 1 is 1.30 bits per heavy atom. The Bertz CT molecular complexity index is 594. The zero-order valence-corrected chi connectivity index (χ0v) is 11.4. The van der Waals surface area contributed by atoms with Crippen LogP contribution >= 0.6 is 0 Å². The van der Waals surface area contributed by atoms with Crippen molar-refractivity contribution in [2.45, 2.75) is 32.4 Å². The molecule has 0 radical (unpaired) electrons. The molecule has 104 valence electrons. The zero-order valence-electron chi connectivity index (χ0n) is 11.4. The summed E-state index contributed by atoms with van der Waals surface area (Å²) in [6.45, 7) is 2.81. The molecule has 0 atom stereocenters. The van der Waals surface area contributed by atoms with Crippen LogP contribution in [0.1, 0.15) is 24.0 Å². The van der Waals surface area contributed by atoms with E-state index in [-0.39, 0.29) is 5.82 Å². The first-order valence-electron chi connectivity index (χ1n) is 6.83. The highest BCUT2D eigenvalue weighted by Gasteiger charge is 2.20. The molecule has 1 saturated carbocycles. The number of nitrogens with one attached hydrogen (secondary N) is 1. The van der Waals surface area contributed by atoms with E-state index in [0.29, 0.717) is 17.7 Å². The monoisotopic (exact) mass is 272 g/mol. The lowest BCUT2D eigenvalue weighted by Gasteiger charge is -2.09. The molecule has 4 heteroatoms. The maximum absolute atomic E-state index is 12.8. The number of aryl methyl sites for hydroxylation is 1. The standard InChI is InChI=1S/C16H17FN2O/c1-11-8-12(9-18-14-4-5-14)10-19-16(11)20-15-6-2-13(17)3-7-15/h2-3,6-8,10,14,18H,4-5,9H2,1H3. The maximum atomic E-state index is 12.8. The normalized spacial score (nSPS) is 14.3. The van der Waals surface area contributed by atoms with Crippen LogP contribution in [-0.2, 0) is 6.54 Å². The van der Waals surface area contributed by atoms with E-state index in [1.54, 1.807) is 12.1 Å². The number of pyridine rings is 1. The van der Waals surface area contributed by atoms with Gasteiger partial charge in [0.25, 0.3) is 0 Å². The molecule has 1 heterocycles. The number of rotatable bonds is 5. The molecule has 0 spiro atoms. The molecular weight excluding hydrogens is 255 g/mol. The van der Waals surface area contributed by atoms with E-state index < -0.39 is 0 Å². The molecule has 1 N–H and O–H groups in total. The van der Waals surface area contributed by atoms with Crippen molar-refractivity contribution < 1.29 is 9.13 Å². The van der Waals surface area contributed by atoms with Gasteiger partial charge in [0.2, 0.25) is 5.88 Å². The number of benzene rings is 1. The predicted molar refractivity (Wildman–Crippen MR) is 75.3 cm³/mol. The minimum atomic E-state index is -0.275. The van der Waals surface area contributed by atoms with Gasteiger partial charge in [-0.2, -0.15) is 0 Å². The van der Waals surface area contributed by atoms with Crippen LogP contribution < -0.4 is 10.1 Å². The Balaban J connectivity index is 1.68. The first kappa shape index (κ1) is 13.1. The highest BCUT2D eigenvalue weighted by atomic mass is 19.1. The molecule has 1 aliphatic carbocycles. The number of halogens is 1. The molecule has 20 heavy (non-hydrogen) atoms. The SMILES string of the molecule is Cc1cc(CNC2CC2)cnc1Oc1ccc(F)cc1. The third-order valence-electron chi connectivity index (χ3n) is 3.29. The van der Waals surface area contributed by atoms with Gasteiger partial charge in [-0.05, 0) is 55.7 Å². The van der Waals surface area contributed by atoms with Crippen molar-refractivity contribution in [1.82, 2.24) is 10.3 Å². The summed E-state index contributed by atoms with van der Waals surface area (Å²) >= 11 is 0. The first-order valence-corrected chi connectivity index (χ1v) is 6.83. The highest BCUT2D eigenvalue weighted by Crippen LogP contribution is 2.24. The van der Waals surface area contributed by atoms with Crippen molar-refractivity contribution >= 4 is 0 Å². The summed E-state index contributed by atoms with van der Waals surface area (Å²) in [5.41, 5.74) is 2.13. The van der Waals surface area contributed by atoms with Crippen LogP contribution in [0.15, 0.2) is 36.5 Å². The summed E-state index contributed by atoms with van der Waals surface area (Å²) < 4.78 is 18.5. The molecule has 2 aromatic rings. The van der Waals surface area contributed by atoms with E-state index in [0.717, 1.165) is 17.7 Å². The van der Waals surface area contributed by atoms with E-state index in [2.05, 4.69) is 16.4 Å². The smallest absolute Gasteiger partial charge is 0.222 e. The molecule has 0 aliphatic heterocycles. The van der Waals surface area contributed by atoms with Gasteiger partial charge in [0.15, 0.2) is 0 Å². The predicted octanol–water partition coefficient (Wildman–Crippen LogP) is 3.57. The van der Waals surface area contributed by atoms with Gasteiger partial charge in [-0.1, -0.05) is 0 Å². The Kier molecular flexibility index (Phi) is 3.65. The van der Waals surface area contributed by atoms with Crippen molar-refractivity contribution in [3.8, 4) is 11.6 Å². The van der Waals surface area contributed by atoms with Gasteiger partial charge in [-0.15, -0.1) is 0 Å². The van der Waals surface area contributed by atoms with Gasteiger partial charge >= 0.3 is 0 Å². The van der Waals surface area contributed by atoms with Gasteiger partial charge in [0.1, 0.15) is 11.6 Å². The quantitative estimate of drug-likeness (QED) is 0.903. The van der Waals surface area contributed by atoms with Gasteiger partial charge in [-0.3, -0.25) is 0 Å². The summed E-state index contributed by atoms with van der Waals surface area (Å²) in [4.78, 5) is 4.34. The van der Waals surface area contributed by atoms with Gasteiger partial charge in [0.05, 0.1) is 0 Å². The Morgan fingerprint density at radius 2 is 2.05 bits per heavy atom. The van der Waals surface area contributed by atoms with Crippen LogP contribution in [0.4, 0.5) is 4.39 Å². The van der Waals surface area contributed by atoms with Crippen molar-refractivity contribution in [2.75, 3.05) is 0 Å². The second-order valence-corrected chi connectivity index (χ2v) is 5.18. The van der Waals surface area contributed by atoms with Gasteiger partial charge in [0, 0.05) is 24.3 Å². The molecule has 0 unspecified atom stereocenters. The largest absolute Gasteiger partial charge is 0.439 e. The molecule has 3 nitrogen and oxygen atoms in total. The molecular formula is C16H17FN2O. The van der Waals surface area contributed by atoms with Crippen molar-refractivity contribution in [3.05, 3.63) is 53.5 Å².